The molecule has 0 radical (unpaired) electrons. The number of sulfonamides is 1. The lowest BCUT2D eigenvalue weighted by molar-refractivity contribution is -0.142. The predicted octanol–water partition coefficient (Wildman–Crippen LogP) is 3.76. The lowest BCUT2D eigenvalue weighted by atomic mass is 9.85. The summed E-state index contributed by atoms with van der Waals surface area (Å²) in [4.78, 5) is 61.3. The van der Waals surface area contributed by atoms with Crippen molar-refractivity contribution in [3.05, 3.63) is 48.7 Å². The molecule has 51 heavy (non-hydrogen) atoms. The number of benzene rings is 1. The van der Waals surface area contributed by atoms with Gasteiger partial charge in [-0.05, 0) is 72.4 Å². The molecule has 0 unspecified atom stereocenters. The predicted molar refractivity (Wildman–Crippen MR) is 190 cm³/mol. The molecule has 2 aromatic rings. The largest absolute Gasteiger partial charge is 0.472 e. The fraction of sp³-hybridized carbons (Fsp3) is 0.595. The molecule has 4 amide bonds. The van der Waals surface area contributed by atoms with Crippen LogP contribution in [0.3, 0.4) is 0 Å². The molecule has 5 atom stereocenters. The van der Waals surface area contributed by atoms with Gasteiger partial charge in [-0.3, -0.25) is 19.1 Å². The number of nitrogens with zero attached hydrogens (tertiary/aromatic N) is 2. The van der Waals surface area contributed by atoms with Gasteiger partial charge in [-0.1, -0.05) is 52.8 Å². The second kappa shape index (κ2) is 13.4. The highest BCUT2D eigenvalue weighted by atomic mass is 32.2. The van der Waals surface area contributed by atoms with Crippen LogP contribution in [0.4, 0.5) is 4.79 Å². The van der Waals surface area contributed by atoms with Gasteiger partial charge in [-0.2, -0.15) is 0 Å². The van der Waals surface area contributed by atoms with Crippen LogP contribution >= 0.6 is 0 Å². The molecule has 3 fully saturated rings. The van der Waals surface area contributed by atoms with Crippen LogP contribution < -0.4 is 20.1 Å². The number of alkyl carbamates (subject to hydrolysis) is 1. The van der Waals surface area contributed by atoms with E-state index in [0.29, 0.717) is 18.7 Å². The molecular formula is C37H49N5O8S. The first-order chi connectivity index (χ1) is 23.9. The average molecular weight is 724 g/mol. The van der Waals surface area contributed by atoms with Crippen molar-refractivity contribution in [2.24, 2.45) is 16.7 Å². The molecule has 1 aromatic carbocycles. The van der Waals surface area contributed by atoms with E-state index >= 15 is 0 Å². The van der Waals surface area contributed by atoms with Crippen molar-refractivity contribution < 1.29 is 37.1 Å². The summed E-state index contributed by atoms with van der Waals surface area (Å²) in [5, 5.41) is 6.68. The van der Waals surface area contributed by atoms with Gasteiger partial charge in [0.05, 0.1) is 18.4 Å². The molecule has 13 nitrogen and oxygen atoms in total. The number of aryl methyl sites for hydroxylation is 1. The number of amides is 4. The maximum Gasteiger partial charge on any atom is 0.407 e. The first-order valence-corrected chi connectivity index (χ1v) is 19.3. The quantitative estimate of drug-likeness (QED) is 0.375. The van der Waals surface area contributed by atoms with E-state index in [1.165, 1.54) is 11.0 Å². The standard InChI is InChI=1S/C37H49N5O8S/c1-7-24-19-37(24,33(45)41-51(47,48)26-12-13-26)40-30(43)28-18-25-20-42(28)32(44)29(35(2,3)4)39-34(46)49-21-36(5,6)15-8-9-22-10-11-23-14-16-38-31(50-25)27(23)17-22/h7,10-11,14,16-17,24-26,28-29H,1,8-9,12-13,15,18-21H2,2-6H3,(H,39,46)(H,40,43)(H,41,45)/t24-,25+,28-,29+,37+/m0/s1. The number of hydrogen-bond donors (Lipinski definition) is 3. The minimum absolute atomic E-state index is 0.00877. The molecule has 1 saturated heterocycles. The van der Waals surface area contributed by atoms with Crippen LogP contribution in [0.1, 0.15) is 78.7 Å². The number of carbonyl (C=O) groups excluding carboxylic acids is 4. The molecule has 0 spiro atoms. The minimum atomic E-state index is -3.88. The van der Waals surface area contributed by atoms with Crippen LogP contribution in [-0.2, 0) is 35.6 Å². The summed E-state index contributed by atoms with van der Waals surface area (Å²) in [5.41, 5.74) is -1.55. The molecular weight excluding hydrogens is 675 g/mol. The lowest BCUT2D eigenvalue weighted by Gasteiger charge is -2.35. The second-order valence-corrected chi connectivity index (χ2v) is 18.3. The summed E-state index contributed by atoms with van der Waals surface area (Å²) in [6.07, 6.45) is 5.34. The Hall–Kier alpha value is -4.20. The summed E-state index contributed by atoms with van der Waals surface area (Å²) in [6, 6.07) is 5.84. The SMILES string of the molecule is C=C[C@H]1C[C@]1(NC(=O)[C@@H]1C[C@@H]2CN1C(=O)[C@H](C(C)(C)C)NC(=O)OCC(C)(C)CCCc1ccc3ccnc(c3c1)O2)C(=O)NS(=O)(=O)C1CC1. The van der Waals surface area contributed by atoms with E-state index in [0.717, 1.165) is 35.6 Å². The Kier molecular flexibility index (Phi) is 9.62. The summed E-state index contributed by atoms with van der Waals surface area (Å²) < 4.78 is 39.7. The Morgan fingerprint density at radius 1 is 1.16 bits per heavy atom. The van der Waals surface area contributed by atoms with Gasteiger partial charge in [0.2, 0.25) is 27.7 Å². The van der Waals surface area contributed by atoms with Gasteiger partial charge in [-0.25, -0.2) is 18.2 Å². The van der Waals surface area contributed by atoms with Gasteiger partial charge in [-0.15, -0.1) is 6.58 Å². The maximum absolute atomic E-state index is 14.5. The first-order valence-electron chi connectivity index (χ1n) is 17.7. The fourth-order valence-electron chi connectivity index (χ4n) is 7.07. The Bertz CT molecular complexity index is 1850. The maximum atomic E-state index is 14.5. The number of ether oxygens (including phenoxy) is 2. The number of aromatic nitrogens is 1. The van der Waals surface area contributed by atoms with Crippen molar-refractivity contribution in [2.45, 2.75) is 109 Å². The molecule has 6 rings (SSSR count). The topological polar surface area (TPSA) is 173 Å². The number of fused-ring (bicyclic) bond motifs is 3. The van der Waals surface area contributed by atoms with Crippen LogP contribution in [0.5, 0.6) is 5.88 Å². The van der Waals surface area contributed by atoms with E-state index < -0.39 is 74.1 Å². The number of carbonyl (C=O) groups is 4. The van der Waals surface area contributed by atoms with Gasteiger partial charge in [0.15, 0.2) is 0 Å². The molecule has 4 aliphatic rings. The Morgan fingerprint density at radius 3 is 2.57 bits per heavy atom. The molecule has 4 bridgehead atoms. The van der Waals surface area contributed by atoms with Crippen molar-refractivity contribution in [3.8, 4) is 5.88 Å². The van der Waals surface area contributed by atoms with Crippen molar-refractivity contribution in [3.63, 3.8) is 0 Å². The first kappa shape index (κ1) is 36.6. The van der Waals surface area contributed by atoms with Crippen LogP contribution in [0.2, 0.25) is 0 Å². The van der Waals surface area contributed by atoms with Gasteiger partial charge in [0.25, 0.3) is 5.91 Å². The zero-order valence-electron chi connectivity index (χ0n) is 30.0. The van der Waals surface area contributed by atoms with E-state index in [2.05, 4.69) is 39.1 Å². The van der Waals surface area contributed by atoms with Crippen LogP contribution in [0, 0.1) is 16.7 Å². The molecule has 3 heterocycles. The molecule has 1 aromatic heterocycles. The lowest BCUT2D eigenvalue weighted by Crippen LogP contribution is -2.60. The zero-order chi connectivity index (χ0) is 36.9. The van der Waals surface area contributed by atoms with Gasteiger partial charge in [0, 0.05) is 23.9 Å². The Balaban J connectivity index is 1.34. The number of hydrogen-bond acceptors (Lipinski definition) is 9. The van der Waals surface area contributed by atoms with E-state index in [9.17, 15) is 27.6 Å². The third-order valence-electron chi connectivity index (χ3n) is 10.5. The van der Waals surface area contributed by atoms with E-state index in [1.54, 1.807) is 27.0 Å². The highest BCUT2D eigenvalue weighted by Gasteiger charge is 2.62. The molecule has 3 N–H and O–H groups in total. The molecule has 14 heteroatoms. The number of pyridine rings is 1. The van der Waals surface area contributed by atoms with Gasteiger partial charge >= 0.3 is 6.09 Å². The van der Waals surface area contributed by atoms with E-state index in [4.69, 9.17) is 9.47 Å². The highest BCUT2D eigenvalue weighted by Crippen LogP contribution is 2.45. The highest BCUT2D eigenvalue weighted by molar-refractivity contribution is 7.91. The fourth-order valence-corrected chi connectivity index (χ4v) is 8.43. The Labute approximate surface area is 299 Å². The monoisotopic (exact) mass is 723 g/mol. The van der Waals surface area contributed by atoms with Crippen molar-refractivity contribution in [1.29, 1.82) is 0 Å². The molecule has 2 aliphatic heterocycles. The second-order valence-electron chi connectivity index (χ2n) is 16.4. The summed E-state index contributed by atoms with van der Waals surface area (Å²) in [5.74, 6) is -2.13. The van der Waals surface area contributed by atoms with Crippen LogP contribution in [-0.4, -0.2) is 84.2 Å². The molecule has 2 aliphatic carbocycles. The summed E-state index contributed by atoms with van der Waals surface area (Å²) >= 11 is 0. The van der Waals surface area contributed by atoms with Crippen LogP contribution in [0.15, 0.2) is 43.1 Å². The Morgan fingerprint density at radius 2 is 1.90 bits per heavy atom. The zero-order valence-corrected chi connectivity index (χ0v) is 30.8. The van der Waals surface area contributed by atoms with E-state index in [1.807, 2.05) is 26.0 Å². The summed E-state index contributed by atoms with van der Waals surface area (Å²) in [7, 11) is -3.88. The third-order valence-corrected chi connectivity index (χ3v) is 12.3. The third kappa shape index (κ3) is 7.85. The number of rotatable bonds is 6. The summed E-state index contributed by atoms with van der Waals surface area (Å²) in [6.45, 7) is 13.4. The van der Waals surface area contributed by atoms with Crippen LogP contribution in [0.25, 0.3) is 10.8 Å². The normalized spacial score (nSPS) is 28.5. The number of nitrogens with one attached hydrogen (secondary N) is 3. The minimum Gasteiger partial charge on any atom is -0.472 e. The molecule has 2 saturated carbocycles. The number of cyclic esters (lactones) is 1. The van der Waals surface area contributed by atoms with E-state index in [-0.39, 0.29) is 31.4 Å². The smallest absolute Gasteiger partial charge is 0.407 e. The molecule has 276 valence electrons. The van der Waals surface area contributed by atoms with Gasteiger partial charge in [0.1, 0.15) is 23.7 Å². The van der Waals surface area contributed by atoms with Crippen molar-refractivity contribution in [1.82, 2.24) is 25.2 Å². The van der Waals surface area contributed by atoms with Gasteiger partial charge < -0.3 is 25.0 Å². The van der Waals surface area contributed by atoms with Crippen molar-refractivity contribution in [2.75, 3.05) is 13.2 Å². The average Bonchev–Trinajstić information content (AvgIpc) is 3.98. The van der Waals surface area contributed by atoms with Crippen molar-refractivity contribution >= 4 is 44.6 Å².